The summed E-state index contributed by atoms with van der Waals surface area (Å²) in [5.41, 5.74) is 1.42. The first-order valence-corrected chi connectivity index (χ1v) is 9.28. The zero-order chi connectivity index (χ0) is 19.9. The van der Waals surface area contributed by atoms with Gasteiger partial charge in [-0.15, -0.1) is 11.6 Å². The summed E-state index contributed by atoms with van der Waals surface area (Å²) in [6.45, 7) is 0.389. The van der Waals surface area contributed by atoms with Gasteiger partial charge in [0.25, 0.3) is 0 Å². The Labute approximate surface area is 167 Å². The quantitative estimate of drug-likeness (QED) is 0.232. The first-order chi connectivity index (χ1) is 13.6. The Balaban J connectivity index is 2.13. The molecule has 0 amide bonds. The number of hydrogen-bond donors (Lipinski definition) is 0. The highest BCUT2D eigenvalue weighted by molar-refractivity contribution is 6.17. The van der Waals surface area contributed by atoms with E-state index < -0.39 is 4.92 Å². The maximum absolute atomic E-state index is 13.1. The Morgan fingerprint density at radius 3 is 2.46 bits per heavy atom. The highest BCUT2D eigenvalue weighted by atomic mass is 35.5. The second-order valence-electron chi connectivity index (χ2n) is 6.01. The normalized spacial score (nSPS) is 10.5. The number of alkyl halides is 1. The number of pyridine rings is 1. The molecule has 0 N–H and O–H groups in total. The molecule has 0 aliphatic carbocycles. The van der Waals surface area contributed by atoms with E-state index >= 15 is 0 Å². The van der Waals surface area contributed by atoms with Gasteiger partial charge in [0.1, 0.15) is 0 Å². The lowest BCUT2D eigenvalue weighted by Crippen LogP contribution is -2.23. The molecule has 3 aromatic rings. The van der Waals surface area contributed by atoms with Crippen LogP contribution in [0.3, 0.4) is 0 Å². The highest BCUT2D eigenvalue weighted by Crippen LogP contribution is 2.34. The molecule has 142 valence electrons. The molecule has 0 radical (unpaired) electrons. The molecular formula is C21H18ClN3O3. The van der Waals surface area contributed by atoms with Crippen LogP contribution in [0.4, 0.5) is 17.2 Å². The van der Waals surface area contributed by atoms with Crippen molar-refractivity contribution in [2.24, 2.45) is 0 Å². The zero-order valence-electron chi connectivity index (χ0n) is 15.0. The van der Waals surface area contributed by atoms with Gasteiger partial charge in [0.05, 0.1) is 10.6 Å². The molecule has 7 heteroatoms. The molecule has 0 aliphatic heterocycles. The summed E-state index contributed by atoms with van der Waals surface area (Å²) in [7, 11) is 0. The van der Waals surface area contributed by atoms with E-state index in [0.29, 0.717) is 35.7 Å². The fourth-order valence-corrected chi connectivity index (χ4v) is 3.06. The minimum atomic E-state index is -0.475. The third-order valence-electron chi connectivity index (χ3n) is 4.21. The van der Waals surface area contributed by atoms with Gasteiger partial charge in [0, 0.05) is 35.8 Å². The smallest absolute Gasteiger partial charge is 0.311 e. The Bertz CT molecular complexity index is 979. The number of aromatic nitrogens is 1. The van der Waals surface area contributed by atoms with Crippen LogP contribution in [0.2, 0.25) is 0 Å². The van der Waals surface area contributed by atoms with Crippen molar-refractivity contribution >= 4 is 34.6 Å². The van der Waals surface area contributed by atoms with Gasteiger partial charge in [-0.25, -0.2) is 4.98 Å². The van der Waals surface area contributed by atoms with Gasteiger partial charge >= 0.3 is 5.69 Å². The van der Waals surface area contributed by atoms with E-state index in [9.17, 15) is 14.9 Å². The molecule has 0 atom stereocenters. The number of carbonyl (C=O) groups excluding carboxylic acids is 1. The van der Waals surface area contributed by atoms with Crippen LogP contribution in [0.5, 0.6) is 0 Å². The summed E-state index contributed by atoms with van der Waals surface area (Å²) >= 11 is 5.87. The van der Waals surface area contributed by atoms with Crippen molar-refractivity contribution in [3.8, 4) is 0 Å². The number of ketones is 1. The molecule has 1 heterocycles. The minimum absolute atomic E-state index is 0.126. The molecule has 2 aromatic carbocycles. The van der Waals surface area contributed by atoms with Crippen molar-refractivity contribution < 1.29 is 9.72 Å². The molecule has 0 saturated carbocycles. The van der Waals surface area contributed by atoms with Crippen molar-refractivity contribution in [1.29, 1.82) is 0 Å². The van der Waals surface area contributed by atoms with Crippen LogP contribution in [0.1, 0.15) is 22.3 Å². The van der Waals surface area contributed by atoms with Gasteiger partial charge in [0.15, 0.2) is 5.78 Å². The fourth-order valence-electron chi connectivity index (χ4n) is 2.94. The van der Waals surface area contributed by atoms with Gasteiger partial charge in [-0.3, -0.25) is 14.9 Å². The largest absolute Gasteiger partial charge is 0.320 e. The molecule has 1 aromatic heterocycles. The standard InChI is InChI=1S/C21H18ClN3O3/c22-13-7-15-24(21-19(25(27)28)12-6-14-23-21)18-11-5-4-10-17(18)20(26)16-8-2-1-3-9-16/h1-6,8-12,14H,7,13,15H2. The minimum Gasteiger partial charge on any atom is -0.320 e. The Kier molecular flexibility index (Phi) is 6.34. The van der Waals surface area contributed by atoms with Crippen LogP contribution in [0, 0.1) is 10.1 Å². The first kappa shape index (κ1) is 19.5. The van der Waals surface area contributed by atoms with E-state index in [4.69, 9.17) is 11.6 Å². The predicted molar refractivity (Wildman–Crippen MR) is 110 cm³/mol. The molecule has 0 spiro atoms. The number of nitrogens with zero attached hydrogens (tertiary/aromatic N) is 3. The van der Waals surface area contributed by atoms with Crippen molar-refractivity contribution in [3.05, 3.63) is 94.2 Å². The Hall–Kier alpha value is -3.25. The highest BCUT2D eigenvalue weighted by Gasteiger charge is 2.25. The summed E-state index contributed by atoms with van der Waals surface area (Å²) < 4.78 is 0. The number of carbonyl (C=O) groups is 1. The van der Waals surface area contributed by atoms with Gasteiger partial charge in [0.2, 0.25) is 5.82 Å². The lowest BCUT2D eigenvalue weighted by molar-refractivity contribution is -0.384. The maximum Gasteiger partial charge on any atom is 0.311 e. The van der Waals surface area contributed by atoms with E-state index in [1.54, 1.807) is 53.4 Å². The second kappa shape index (κ2) is 9.10. The molecule has 0 aliphatic rings. The van der Waals surface area contributed by atoms with Crippen LogP contribution < -0.4 is 4.90 Å². The number of rotatable bonds is 8. The average molecular weight is 396 g/mol. The topological polar surface area (TPSA) is 76.3 Å². The van der Waals surface area contributed by atoms with Crippen molar-refractivity contribution in [2.45, 2.75) is 6.42 Å². The van der Waals surface area contributed by atoms with Crippen LogP contribution in [0.25, 0.3) is 0 Å². The Morgan fingerprint density at radius 2 is 1.75 bits per heavy atom. The number of halogens is 1. The number of hydrogen-bond acceptors (Lipinski definition) is 5. The van der Waals surface area contributed by atoms with Gasteiger partial charge < -0.3 is 4.90 Å². The third-order valence-corrected chi connectivity index (χ3v) is 4.48. The summed E-state index contributed by atoms with van der Waals surface area (Å²) in [5.74, 6) is 0.405. The van der Waals surface area contributed by atoms with E-state index in [-0.39, 0.29) is 17.3 Å². The number of nitro groups is 1. The molecule has 0 fully saturated rings. The van der Waals surface area contributed by atoms with Crippen LogP contribution in [-0.2, 0) is 0 Å². The van der Waals surface area contributed by atoms with Crippen LogP contribution in [0.15, 0.2) is 72.9 Å². The first-order valence-electron chi connectivity index (χ1n) is 8.75. The summed E-state index contributed by atoms with van der Waals surface area (Å²) in [6.07, 6.45) is 2.07. The molecule has 3 rings (SSSR count). The number of anilines is 2. The molecule has 0 unspecified atom stereocenters. The fraction of sp³-hybridized carbons (Fsp3) is 0.143. The van der Waals surface area contributed by atoms with E-state index in [0.717, 1.165) is 0 Å². The predicted octanol–water partition coefficient (Wildman–Crippen LogP) is 4.99. The molecular weight excluding hydrogens is 378 g/mol. The molecule has 0 bridgehead atoms. The molecule has 28 heavy (non-hydrogen) atoms. The van der Waals surface area contributed by atoms with E-state index in [1.807, 2.05) is 6.07 Å². The van der Waals surface area contributed by atoms with Crippen molar-refractivity contribution in [1.82, 2.24) is 4.98 Å². The van der Waals surface area contributed by atoms with Crippen molar-refractivity contribution in [3.63, 3.8) is 0 Å². The Morgan fingerprint density at radius 1 is 1.04 bits per heavy atom. The SMILES string of the molecule is O=C(c1ccccc1)c1ccccc1N(CCCCl)c1ncccc1[N+](=O)[O-]. The second-order valence-corrected chi connectivity index (χ2v) is 6.39. The summed E-state index contributed by atoms with van der Waals surface area (Å²) in [6, 6.07) is 18.9. The summed E-state index contributed by atoms with van der Waals surface area (Å²) in [4.78, 5) is 30.1. The van der Waals surface area contributed by atoms with Gasteiger partial charge in [-0.1, -0.05) is 42.5 Å². The van der Waals surface area contributed by atoms with Gasteiger partial charge in [-0.2, -0.15) is 0 Å². The molecule has 0 saturated heterocycles. The monoisotopic (exact) mass is 395 g/mol. The lowest BCUT2D eigenvalue weighted by Gasteiger charge is -2.25. The zero-order valence-corrected chi connectivity index (χ0v) is 15.7. The third kappa shape index (κ3) is 4.18. The van der Waals surface area contributed by atoms with E-state index in [1.165, 1.54) is 18.3 Å². The maximum atomic E-state index is 13.1. The molecule has 6 nitrogen and oxygen atoms in total. The van der Waals surface area contributed by atoms with Crippen LogP contribution in [-0.4, -0.2) is 28.1 Å². The lowest BCUT2D eigenvalue weighted by atomic mass is 10.0. The summed E-state index contributed by atoms with van der Waals surface area (Å²) in [5, 5.41) is 11.5. The van der Waals surface area contributed by atoms with E-state index in [2.05, 4.69) is 4.98 Å². The number of benzene rings is 2. The van der Waals surface area contributed by atoms with Crippen LogP contribution >= 0.6 is 11.6 Å². The van der Waals surface area contributed by atoms with Crippen molar-refractivity contribution in [2.75, 3.05) is 17.3 Å². The van der Waals surface area contributed by atoms with Gasteiger partial charge in [-0.05, 0) is 24.6 Å². The average Bonchev–Trinajstić information content (AvgIpc) is 2.74. The number of para-hydroxylation sites is 1.